The van der Waals surface area contributed by atoms with Gasteiger partial charge in [0.1, 0.15) is 5.82 Å². The molecule has 1 aromatic heterocycles. The largest absolute Gasteiger partial charge is 0.397 e. The second-order valence-electron chi connectivity index (χ2n) is 5.27. The summed E-state index contributed by atoms with van der Waals surface area (Å²) < 4.78 is 1.06. The van der Waals surface area contributed by atoms with E-state index >= 15 is 0 Å². The molecule has 0 aliphatic carbocycles. The smallest absolute Gasteiger partial charge is 0.128 e. The van der Waals surface area contributed by atoms with Gasteiger partial charge in [-0.1, -0.05) is 12.1 Å². The number of para-hydroxylation sites is 2. The van der Waals surface area contributed by atoms with E-state index in [1.807, 2.05) is 25.1 Å². The van der Waals surface area contributed by atoms with Crippen molar-refractivity contribution in [1.82, 2.24) is 4.98 Å². The molecule has 0 amide bonds. The number of anilines is 3. The lowest BCUT2D eigenvalue weighted by Crippen LogP contribution is -2.47. The molecular weight excluding hydrogens is 328 g/mol. The van der Waals surface area contributed by atoms with Gasteiger partial charge in [0.2, 0.25) is 0 Å². The molecule has 1 aromatic carbocycles. The van der Waals surface area contributed by atoms with Gasteiger partial charge in [-0.3, -0.25) is 0 Å². The summed E-state index contributed by atoms with van der Waals surface area (Å²) >= 11 is 3.50. The van der Waals surface area contributed by atoms with Crippen molar-refractivity contribution in [2.45, 2.75) is 6.92 Å². The van der Waals surface area contributed by atoms with Gasteiger partial charge >= 0.3 is 0 Å². The maximum absolute atomic E-state index is 6.06. The lowest BCUT2D eigenvalue weighted by Gasteiger charge is -2.37. The van der Waals surface area contributed by atoms with E-state index < -0.39 is 0 Å². The summed E-state index contributed by atoms with van der Waals surface area (Å²) in [5.74, 6) is 1.05. The van der Waals surface area contributed by atoms with Crippen molar-refractivity contribution in [2.24, 2.45) is 0 Å². The number of hydrogen-bond donors (Lipinski definition) is 1. The van der Waals surface area contributed by atoms with Crippen LogP contribution in [0.25, 0.3) is 0 Å². The second-order valence-corrected chi connectivity index (χ2v) is 6.12. The van der Waals surface area contributed by atoms with Crippen LogP contribution in [0.1, 0.15) is 5.69 Å². The minimum Gasteiger partial charge on any atom is -0.397 e. The highest BCUT2D eigenvalue weighted by Crippen LogP contribution is 2.25. The van der Waals surface area contributed by atoms with Crippen molar-refractivity contribution in [2.75, 3.05) is 41.7 Å². The molecule has 2 aromatic rings. The maximum atomic E-state index is 6.06. The SMILES string of the molecule is Cc1nc(N2CCN(c3ccccc3N)CC2)ccc1Br. The Bertz CT molecular complexity index is 636. The first-order valence-corrected chi connectivity index (χ1v) is 7.92. The zero-order chi connectivity index (χ0) is 14.8. The Kier molecular flexibility index (Phi) is 4.01. The summed E-state index contributed by atoms with van der Waals surface area (Å²) in [6.45, 7) is 5.87. The van der Waals surface area contributed by atoms with E-state index in [1.54, 1.807) is 0 Å². The molecule has 1 fully saturated rings. The first kappa shape index (κ1) is 14.2. The third-order valence-corrected chi connectivity index (χ3v) is 4.73. The Hall–Kier alpha value is -1.75. The normalized spacial score (nSPS) is 15.3. The van der Waals surface area contributed by atoms with Crippen molar-refractivity contribution in [1.29, 1.82) is 0 Å². The molecule has 1 aliphatic heterocycles. The van der Waals surface area contributed by atoms with Gasteiger partial charge in [-0.05, 0) is 47.1 Å². The molecule has 0 radical (unpaired) electrons. The van der Waals surface area contributed by atoms with Gasteiger partial charge < -0.3 is 15.5 Å². The molecule has 4 nitrogen and oxygen atoms in total. The third kappa shape index (κ3) is 2.97. The Labute approximate surface area is 133 Å². The van der Waals surface area contributed by atoms with Gasteiger partial charge in [0.15, 0.2) is 0 Å². The molecule has 0 atom stereocenters. The molecule has 0 saturated carbocycles. The van der Waals surface area contributed by atoms with Crippen LogP contribution < -0.4 is 15.5 Å². The van der Waals surface area contributed by atoms with E-state index in [4.69, 9.17) is 5.73 Å². The second kappa shape index (κ2) is 5.93. The molecule has 0 spiro atoms. The number of halogens is 1. The van der Waals surface area contributed by atoms with Crippen LogP contribution in [0.3, 0.4) is 0 Å². The predicted octanol–water partition coefficient (Wildman–Crippen LogP) is 3.06. The number of aromatic nitrogens is 1. The van der Waals surface area contributed by atoms with Gasteiger partial charge in [-0.2, -0.15) is 0 Å². The van der Waals surface area contributed by atoms with Crippen molar-refractivity contribution in [3.63, 3.8) is 0 Å². The quantitative estimate of drug-likeness (QED) is 0.849. The lowest BCUT2D eigenvalue weighted by molar-refractivity contribution is 0.647. The van der Waals surface area contributed by atoms with Crippen LogP contribution in [0.15, 0.2) is 40.9 Å². The number of hydrogen-bond acceptors (Lipinski definition) is 4. The fraction of sp³-hybridized carbons (Fsp3) is 0.312. The Morgan fingerprint density at radius 2 is 1.67 bits per heavy atom. The first-order valence-electron chi connectivity index (χ1n) is 7.13. The fourth-order valence-corrected chi connectivity index (χ4v) is 2.88. The number of piperazine rings is 1. The molecule has 3 rings (SSSR count). The summed E-state index contributed by atoms with van der Waals surface area (Å²) in [6, 6.07) is 12.2. The molecule has 1 aliphatic rings. The molecule has 2 N–H and O–H groups in total. The zero-order valence-electron chi connectivity index (χ0n) is 12.1. The average molecular weight is 347 g/mol. The van der Waals surface area contributed by atoms with E-state index in [1.165, 1.54) is 0 Å². The molecule has 1 saturated heterocycles. The van der Waals surface area contributed by atoms with Crippen LogP contribution in [0.2, 0.25) is 0 Å². The highest BCUT2D eigenvalue weighted by molar-refractivity contribution is 9.10. The van der Waals surface area contributed by atoms with E-state index in [-0.39, 0.29) is 0 Å². The lowest BCUT2D eigenvalue weighted by atomic mass is 10.2. The van der Waals surface area contributed by atoms with Crippen molar-refractivity contribution < 1.29 is 0 Å². The maximum Gasteiger partial charge on any atom is 0.128 e. The number of aryl methyl sites for hydroxylation is 1. The third-order valence-electron chi connectivity index (χ3n) is 3.89. The molecular formula is C16H19BrN4. The highest BCUT2D eigenvalue weighted by Gasteiger charge is 2.19. The zero-order valence-corrected chi connectivity index (χ0v) is 13.7. The Morgan fingerprint density at radius 1 is 1.00 bits per heavy atom. The standard InChI is InChI=1S/C16H19BrN4/c1-12-13(17)6-7-16(19-12)21-10-8-20(9-11-21)15-5-3-2-4-14(15)18/h2-7H,8-11,18H2,1H3. The number of benzene rings is 1. The van der Waals surface area contributed by atoms with Crippen LogP contribution in [0.5, 0.6) is 0 Å². The van der Waals surface area contributed by atoms with Crippen LogP contribution >= 0.6 is 15.9 Å². The molecule has 2 heterocycles. The van der Waals surface area contributed by atoms with E-state index in [0.29, 0.717) is 0 Å². The Morgan fingerprint density at radius 3 is 2.33 bits per heavy atom. The first-order chi connectivity index (χ1) is 10.1. The topological polar surface area (TPSA) is 45.4 Å². The van der Waals surface area contributed by atoms with Gasteiger partial charge in [0, 0.05) is 30.7 Å². The molecule has 0 bridgehead atoms. The fourth-order valence-electron chi connectivity index (χ4n) is 2.66. The Balaban J connectivity index is 1.70. The monoisotopic (exact) mass is 346 g/mol. The van der Waals surface area contributed by atoms with E-state index in [9.17, 15) is 0 Å². The molecule has 5 heteroatoms. The van der Waals surface area contributed by atoms with Crippen molar-refractivity contribution in [3.8, 4) is 0 Å². The minimum absolute atomic E-state index is 0.851. The average Bonchev–Trinajstić information content (AvgIpc) is 2.51. The summed E-state index contributed by atoms with van der Waals surface area (Å²) in [7, 11) is 0. The van der Waals surface area contributed by atoms with Crippen molar-refractivity contribution in [3.05, 3.63) is 46.6 Å². The number of nitrogens with zero attached hydrogens (tertiary/aromatic N) is 3. The number of nitrogen functional groups attached to an aromatic ring is 1. The summed E-state index contributed by atoms with van der Waals surface area (Å²) in [6.07, 6.45) is 0. The van der Waals surface area contributed by atoms with Crippen LogP contribution in [-0.2, 0) is 0 Å². The summed E-state index contributed by atoms with van der Waals surface area (Å²) in [5, 5.41) is 0. The minimum atomic E-state index is 0.851. The summed E-state index contributed by atoms with van der Waals surface area (Å²) in [4.78, 5) is 9.32. The molecule has 0 unspecified atom stereocenters. The molecule has 21 heavy (non-hydrogen) atoms. The van der Waals surface area contributed by atoms with E-state index in [2.05, 4.69) is 48.9 Å². The van der Waals surface area contributed by atoms with Gasteiger partial charge in [0.05, 0.1) is 17.1 Å². The van der Waals surface area contributed by atoms with Gasteiger partial charge in [-0.25, -0.2) is 4.98 Å². The van der Waals surface area contributed by atoms with Gasteiger partial charge in [0.25, 0.3) is 0 Å². The van der Waals surface area contributed by atoms with Gasteiger partial charge in [-0.15, -0.1) is 0 Å². The van der Waals surface area contributed by atoms with Crippen LogP contribution in [-0.4, -0.2) is 31.2 Å². The van der Waals surface area contributed by atoms with E-state index in [0.717, 1.165) is 53.5 Å². The number of pyridine rings is 1. The highest BCUT2D eigenvalue weighted by atomic mass is 79.9. The predicted molar refractivity (Wildman–Crippen MR) is 92.0 cm³/mol. The number of rotatable bonds is 2. The summed E-state index contributed by atoms with van der Waals surface area (Å²) in [5.41, 5.74) is 9.08. The van der Waals surface area contributed by atoms with Crippen LogP contribution in [0, 0.1) is 6.92 Å². The number of nitrogens with two attached hydrogens (primary N) is 1. The molecule has 110 valence electrons. The van der Waals surface area contributed by atoms with Crippen LogP contribution in [0.4, 0.5) is 17.2 Å². The van der Waals surface area contributed by atoms with Crippen molar-refractivity contribution >= 4 is 33.1 Å².